The van der Waals surface area contributed by atoms with Crippen molar-refractivity contribution in [3.63, 3.8) is 0 Å². The smallest absolute Gasteiger partial charge is 0.0346 e. The molecule has 0 fully saturated rings. The Kier molecular flexibility index (Phi) is 3.14. The third-order valence-corrected chi connectivity index (χ3v) is 4.21. The second-order valence-electron chi connectivity index (χ2n) is 3.40. The molecule has 0 N–H and O–H groups in total. The molecule has 0 aliphatic heterocycles. The van der Waals surface area contributed by atoms with Crippen LogP contribution in [-0.2, 0) is 5.75 Å². The van der Waals surface area contributed by atoms with E-state index in [2.05, 4.69) is 37.4 Å². The molecular weight excluding hydrogens is 208 g/mol. The predicted octanol–water partition coefficient (Wildman–Crippen LogP) is 4.46. The van der Waals surface area contributed by atoms with Gasteiger partial charge in [0, 0.05) is 10.5 Å². The lowest BCUT2D eigenvalue weighted by molar-refractivity contribution is 1.44. The summed E-state index contributed by atoms with van der Waals surface area (Å²) in [6.07, 6.45) is 0. The van der Waals surface area contributed by atoms with Crippen molar-refractivity contribution in [2.45, 2.75) is 19.6 Å². The minimum Gasteiger partial charge on any atom is -0.157 e. The van der Waals surface area contributed by atoms with Crippen LogP contribution in [0.4, 0.5) is 0 Å². The number of hydrogen-bond acceptors (Lipinski definition) is 2. The predicted molar refractivity (Wildman–Crippen MR) is 68.4 cm³/mol. The van der Waals surface area contributed by atoms with Crippen LogP contribution in [0.5, 0.6) is 0 Å². The minimum absolute atomic E-state index is 1.15. The van der Waals surface area contributed by atoms with E-state index in [-0.39, 0.29) is 0 Å². The second-order valence-corrected chi connectivity index (χ2v) is 5.58. The molecule has 0 bridgehead atoms. The quantitative estimate of drug-likeness (QED) is 0.738. The first-order valence-corrected chi connectivity index (χ1v) is 6.89. The summed E-state index contributed by atoms with van der Waals surface area (Å²) in [7, 11) is 0. The van der Waals surface area contributed by atoms with Gasteiger partial charge in [0.1, 0.15) is 0 Å². The molecule has 0 nitrogen and oxygen atoms in total. The van der Waals surface area contributed by atoms with E-state index in [1.54, 1.807) is 0 Å². The summed E-state index contributed by atoms with van der Waals surface area (Å²) in [4.78, 5) is 0. The molecule has 1 aromatic carbocycles. The molecule has 0 unspecified atom stereocenters. The Hall–Kier alpha value is -0.470. The third kappa shape index (κ3) is 1.96. The van der Waals surface area contributed by atoms with Gasteiger partial charge >= 0.3 is 0 Å². The standard InChI is InChI=1S/C12H14S2/c1-3-13-7-10-8-14-12-5-4-9(2)6-11(10)12/h4-6,8H,3,7H2,1-2H3. The number of thiophene rings is 1. The maximum Gasteiger partial charge on any atom is 0.0346 e. The second kappa shape index (κ2) is 4.37. The van der Waals surface area contributed by atoms with Gasteiger partial charge in [-0.25, -0.2) is 0 Å². The number of rotatable bonds is 3. The number of fused-ring (bicyclic) bond motifs is 1. The van der Waals surface area contributed by atoms with E-state index < -0.39 is 0 Å². The molecule has 0 amide bonds. The van der Waals surface area contributed by atoms with Crippen LogP contribution in [0.1, 0.15) is 18.1 Å². The molecule has 2 heteroatoms. The summed E-state index contributed by atoms with van der Waals surface area (Å²) in [6.45, 7) is 4.37. The number of benzene rings is 1. The molecule has 1 heterocycles. The number of hydrogen-bond donors (Lipinski definition) is 0. The van der Waals surface area contributed by atoms with Crippen molar-refractivity contribution in [1.29, 1.82) is 0 Å². The van der Waals surface area contributed by atoms with Gasteiger partial charge in [0.05, 0.1) is 0 Å². The average molecular weight is 222 g/mol. The summed E-state index contributed by atoms with van der Waals surface area (Å²) in [5.74, 6) is 2.35. The van der Waals surface area contributed by atoms with Gasteiger partial charge in [-0.1, -0.05) is 24.6 Å². The van der Waals surface area contributed by atoms with Gasteiger partial charge in [-0.05, 0) is 35.1 Å². The van der Waals surface area contributed by atoms with Crippen LogP contribution < -0.4 is 0 Å². The maximum atomic E-state index is 2.30. The zero-order chi connectivity index (χ0) is 9.97. The van der Waals surface area contributed by atoms with E-state index >= 15 is 0 Å². The third-order valence-electron chi connectivity index (χ3n) is 2.27. The van der Waals surface area contributed by atoms with Crippen molar-refractivity contribution in [3.05, 3.63) is 34.7 Å². The van der Waals surface area contributed by atoms with Crippen LogP contribution in [0.25, 0.3) is 10.1 Å². The Bertz CT molecular complexity index is 429. The molecule has 0 radical (unpaired) electrons. The zero-order valence-electron chi connectivity index (χ0n) is 8.54. The van der Waals surface area contributed by atoms with Crippen molar-refractivity contribution in [2.75, 3.05) is 5.75 Å². The van der Waals surface area contributed by atoms with E-state index in [9.17, 15) is 0 Å². The molecular formula is C12H14S2. The van der Waals surface area contributed by atoms with Gasteiger partial charge in [0.2, 0.25) is 0 Å². The topological polar surface area (TPSA) is 0 Å². The lowest BCUT2D eigenvalue weighted by atomic mass is 10.1. The van der Waals surface area contributed by atoms with Gasteiger partial charge < -0.3 is 0 Å². The first-order valence-electron chi connectivity index (χ1n) is 4.85. The maximum absolute atomic E-state index is 2.30. The highest BCUT2D eigenvalue weighted by Gasteiger charge is 2.03. The normalized spacial score (nSPS) is 11.0. The van der Waals surface area contributed by atoms with Crippen LogP contribution >= 0.6 is 23.1 Å². The number of aryl methyl sites for hydroxylation is 1. The SMILES string of the molecule is CCSCc1csc2ccc(C)cc12. The monoisotopic (exact) mass is 222 g/mol. The Morgan fingerprint density at radius 3 is 3.00 bits per heavy atom. The van der Waals surface area contributed by atoms with Gasteiger partial charge in [0.25, 0.3) is 0 Å². The van der Waals surface area contributed by atoms with Crippen molar-refractivity contribution < 1.29 is 0 Å². The number of thioether (sulfide) groups is 1. The van der Waals surface area contributed by atoms with E-state index in [1.807, 2.05) is 23.1 Å². The fourth-order valence-corrected chi connectivity index (χ4v) is 3.23. The van der Waals surface area contributed by atoms with Gasteiger partial charge in [-0.15, -0.1) is 11.3 Å². The largest absolute Gasteiger partial charge is 0.157 e. The molecule has 0 aliphatic carbocycles. The molecule has 2 rings (SSSR count). The first-order chi connectivity index (χ1) is 6.81. The molecule has 0 saturated carbocycles. The van der Waals surface area contributed by atoms with Crippen molar-refractivity contribution in [2.24, 2.45) is 0 Å². The van der Waals surface area contributed by atoms with Crippen molar-refractivity contribution in [1.82, 2.24) is 0 Å². The van der Waals surface area contributed by atoms with E-state index in [0.29, 0.717) is 0 Å². The highest BCUT2D eigenvalue weighted by molar-refractivity contribution is 7.98. The van der Waals surface area contributed by atoms with Gasteiger partial charge in [0.15, 0.2) is 0 Å². The summed E-state index contributed by atoms with van der Waals surface area (Å²) >= 11 is 3.85. The highest BCUT2D eigenvalue weighted by atomic mass is 32.2. The fourth-order valence-electron chi connectivity index (χ4n) is 1.52. The molecule has 0 spiro atoms. The molecule has 0 atom stereocenters. The lowest BCUT2D eigenvalue weighted by Crippen LogP contribution is -1.79. The average Bonchev–Trinajstić information content (AvgIpc) is 2.57. The zero-order valence-corrected chi connectivity index (χ0v) is 10.2. The van der Waals surface area contributed by atoms with E-state index in [0.717, 1.165) is 5.75 Å². The highest BCUT2D eigenvalue weighted by Crippen LogP contribution is 2.29. The van der Waals surface area contributed by atoms with Crippen molar-refractivity contribution in [3.8, 4) is 0 Å². The van der Waals surface area contributed by atoms with Gasteiger partial charge in [-0.3, -0.25) is 0 Å². The van der Waals surface area contributed by atoms with Crippen molar-refractivity contribution >= 4 is 33.2 Å². The molecule has 74 valence electrons. The summed E-state index contributed by atoms with van der Waals surface area (Å²) in [5, 5.41) is 3.75. The van der Waals surface area contributed by atoms with Crippen LogP contribution in [-0.4, -0.2) is 5.75 Å². The van der Waals surface area contributed by atoms with Gasteiger partial charge in [-0.2, -0.15) is 11.8 Å². The van der Waals surface area contributed by atoms with E-state index in [1.165, 1.54) is 27.0 Å². The first kappa shape index (κ1) is 10.1. The van der Waals surface area contributed by atoms with Crippen LogP contribution in [0.15, 0.2) is 23.6 Å². The summed E-state index contributed by atoms with van der Waals surface area (Å²) < 4.78 is 1.42. The Morgan fingerprint density at radius 2 is 2.21 bits per heavy atom. The fraction of sp³-hybridized carbons (Fsp3) is 0.333. The molecule has 1 aromatic heterocycles. The lowest BCUT2D eigenvalue weighted by Gasteiger charge is -1.98. The molecule has 14 heavy (non-hydrogen) atoms. The summed E-state index contributed by atoms with van der Waals surface area (Å²) in [6, 6.07) is 6.72. The summed E-state index contributed by atoms with van der Waals surface area (Å²) in [5.41, 5.74) is 2.86. The minimum atomic E-state index is 1.15. The molecule has 0 saturated heterocycles. The Labute approximate surface area is 93.3 Å². The Balaban J connectivity index is 2.40. The van der Waals surface area contributed by atoms with Crippen LogP contribution in [0.3, 0.4) is 0 Å². The van der Waals surface area contributed by atoms with Crippen LogP contribution in [0.2, 0.25) is 0 Å². The van der Waals surface area contributed by atoms with E-state index in [4.69, 9.17) is 0 Å². The molecule has 0 aliphatic rings. The Morgan fingerprint density at radius 1 is 1.36 bits per heavy atom. The van der Waals surface area contributed by atoms with Crippen LogP contribution in [0, 0.1) is 6.92 Å². The molecule has 2 aromatic rings.